The van der Waals surface area contributed by atoms with E-state index in [1.807, 2.05) is 0 Å². The number of carbonyl (C=O) groups is 1. The normalized spacial score (nSPS) is 10.8. The lowest BCUT2D eigenvalue weighted by Crippen LogP contribution is -2.29. The molecule has 0 fully saturated rings. The molecule has 4 heteroatoms. The van der Waals surface area contributed by atoms with Crippen molar-refractivity contribution in [2.45, 2.75) is 116 Å². The van der Waals surface area contributed by atoms with Crippen molar-refractivity contribution in [3.63, 3.8) is 0 Å². The van der Waals surface area contributed by atoms with Gasteiger partial charge in [-0.25, -0.2) is 4.79 Å². The zero-order valence-corrected chi connectivity index (χ0v) is 20.6. The summed E-state index contributed by atoms with van der Waals surface area (Å²) in [6.45, 7) is 6.66. The molecule has 1 rings (SSSR count). The predicted molar refractivity (Wildman–Crippen MR) is 139 cm³/mol. The van der Waals surface area contributed by atoms with Gasteiger partial charge in [-0.1, -0.05) is 109 Å². The molecule has 1 aromatic rings. The molecule has 0 saturated carbocycles. The molecule has 1 aromatic carbocycles. The maximum absolute atomic E-state index is 12.0. The molecule has 182 valence electrons. The summed E-state index contributed by atoms with van der Waals surface area (Å²) in [4.78, 5) is 12.0. The topological polar surface area (TPSA) is 61.4 Å². The van der Waals surface area contributed by atoms with Crippen molar-refractivity contribution < 1.29 is 9.90 Å². The van der Waals surface area contributed by atoms with Crippen LogP contribution < -0.4 is 10.6 Å². The van der Waals surface area contributed by atoms with E-state index in [2.05, 4.69) is 24.1 Å². The van der Waals surface area contributed by atoms with Gasteiger partial charge >= 0.3 is 6.03 Å². The van der Waals surface area contributed by atoms with E-state index in [4.69, 9.17) is 0 Å². The van der Waals surface area contributed by atoms with Gasteiger partial charge in [0.2, 0.25) is 0 Å². The minimum Gasteiger partial charge on any atom is -0.508 e. The van der Waals surface area contributed by atoms with Crippen molar-refractivity contribution in [2.75, 3.05) is 11.9 Å². The lowest BCUT2D eigenvalue weighted by molar-refractivity contribution is 0.252. The third-order valence-corrected chi connectivity index (χ3v) is 6.02. The maximum atomic E-state index is 12.0. The molecule has 0 saturated heterocycles. The maximum Gasteiger partial charge on any atom is 0.319 e. The fourth-order valence-electron chi connectivity index (χ4n) is 4.03. The lowest BCUT2D eigenvalue weighted by Gasteiger charge is -2.10. The Morgan fingerprint density at radius 1 is 0.844 bits per heavy atom. The smallest absolute Gasteiger partial charge is 0.319 e. The number of phenolic OH excluding ortho intramolecular Hbond substituents is 1. The van der Waals surface area contributed by atoms with Crippen LogP contribution in [0.4, 0.5) is 10.5 Å². The number of benzene rings is 1. The number of nitrogens with one attached hydrogen (secondary N) is 2. The van der Waals surface area contributed by atoms with Crippen LogP contribution in [0, 0.1) is 0 Å². The summed E-state index contributed by atoms with van der Waals surface area (Å²) in [7, 11) is 0. The van der Waals surface area contributed by atoms with Gasteiger partial charge in [-0.2, -0.15) is 0 Å². The Morgan fingerprint density at radius 2 is 1.34 bits per heavy atom. The van der Waals surface area contributed by atoms with E-state index in [-0.39, 0.29) is 11.8 Å². The summed E-state index contributed by atoms with van der Waals surface area (Å²) in [6, 6.07) is 4.90. The number of carbonyl (C=O) groups excluding carboxylic acids is 1. The van der Waals surface area contributed by atoms with Gasteiger partial charge < -0.3 is 15.7 Å². The van der Waals surface area contributed by atoms with Gasteiger partial charge in [-0.3, -0.25) is 0 Å². The number of hydrogen-bond acceptors (Lipinski definition) is 2. The minimum atomic E-state index is -0.193. The Hall–Kier alpha value is -1.97. The van der Waals surface area contributed by atoms with Crippen molar-refractivity contribution in [3.05, 3.63) is 36.4 Å². The highest BCUT2D eigenvalue weighted by Crippen LogP contribution is 2.22. The fraction of sp³-hybridized carbons (Fsp3) is 0.679. The van der Waals surface area contributed by atoms with Crippen LogP contribution in [-0.4, -0.2) is 17.7 Å². The Morgan fingerprint density at radius 3 is 1.84 bits per heavy atom. The van der Waals surface area contributed by atoms with Crippen LogP contribution in [0.5, 0.6) is 5.75 Å². The lowest BCUT2D eigenvalue weighted by atomic mass is 10.0. The first-order valence-corrected chi connectivity index (χ1v) is 13.1. The third-order valence-electron chi connectivity index (χ3n) is 6.02. The van der Waals surface area contributed by atoms with Gasteiger partial charge in [0.05, 0.1) is 0 Å². The summed E-state index contributed by atoms with van der Waals surface area (Å²) >= 11 is 0. The molecular weight excluding hydrogens is 396 g/mol. The van der Waals surface area contributed by atoms with Crippen LogP contribution in [0.15, 0.2) is 30.9 Å². The molecule has 0 atom stereocenters. The van der Waals surface area contributed by atoms with Gasteiger partial charge in [-0.05, 0) is 36.6 Å². The molecule has 0 unspecified atom stereocenters. The summed E-state index contributed by atoms with van der Waals surface area (Å²) in [5.41, 5.74) is 1.44. The highest BCUT2D eigenvalue weighted by atomic mass is 16.3. The standard InChI is InChI=1S/C28H48N2O2/c1-3-5-6-7-8-9-10-11-12-13-14-15-16-17-18-19-23-29-28(32)30-26-21-22-27(31)25(24-26)20-4-2/h4,21-22,24,31H,2-3,5-20,23H2,1H3,(H2,29,30,32). The van der Waals surface area contributed by atoms with Crippen LogP contribution >= 0.6 is 0 Å². The Kier molecular flexibility index (Phi) is 17.3. The molecule has 32 heavy (non-hydrogen) atoms. The molecular formula is C28H48N2O2. The molecule has 0 aliphatic rings. The van der Waals surface area contributed by atoms with E-state index >= 15 is 0 Å². The number of phenols is 1. The Labute approximate surface area is 197 Å². The Balaban J connectivity index is 1.89. The molecule has 2 amide bonds. The van der Waals surface area contributed by atoms with E-state index in [0.29, 0.717) is 18.7 Å². The van der Waals surface area contributed by atoms with E-state index in [0.717, 1.165) is 12.0 Å². The molecule has 0 bridgehead atoms. The summed E-state index contributed by atoms with van der Waals surface area (Å²) in [5.74, 6) is 0.226. The predicted octanol–water partition coefficient (Wildman–Crippen LogP) is 8.50. The first kappa shape index (κ1) is 28.1. The number of amides is 2. The van der Waals surface area contributed by atoms with Crippen LogP contribution in [0.3, 0.4) is 0 Å². The SMILES string of the molecule is C=CCc1cc(NC(=O)NCCCCCCCCCCCCCCCCCC)ccc1O. The highest BCUT2D eigenvalue weighted by Gasteiger charge is 2.05. The number of hydrogen-bond donors (Lipinski definition) is 3. The number of aromatic hydroxyl groups is 1. The molecule has 0 aromatic heterocycles. The minimum absolute atomic E-state index is 0.193. The molecule has 0 spiro atoms. The quantitative estimate of drug-likeness (QED) is 0.107. The number of rotatable bonds is 20. The molecule has 0 aliphatic heterocycles. The second-order valence-corrected chi connectivity index (χ2v) is 9.02. The Bertz CT molecular complexity index is 615. The first-order valence-electron chi connectivity index (χ1n) is 13.1. The molecule has 0 aliphatic carbocycles. The molecule has 3 N–H and O–H groups in total. The van der Waals surface area contributed by atoms with Crippen LogP contribution in [0.1, 0.15) is 115 Å². The average molecular weight is 445 g/mol. The van der Waals surface area contributed by atoms with Gasteiger partial charge in [-0.15, -0.1) is 6.58 Å². The number of anilines is 1. The van der Waals surface area contributed by atoms with Gasteiger partial charge in [0, 0.05) is 12.2 Å². The van der Waals surface area contributed by atoms with E-state index in [9.17, 15) is 9.90 Å². The first-order chi connectivity index (χ1) is 15.7. The summed E-state index contributed by atoms with van der Waals surface area (Å²) < 4.78 is 0. The number of urea groups is 1. The van der Waals surface area contributed by atoms with E-state index in [1.165, 1.54) is 96.3 Å². The summed E-state index contributed by atoms with van der Waals surface area (Å²) in [6.07, 6.45) is 23.9. The summed E-state index contributed by atoms with van der Waals surface area (Å²) in [5, 5.41) is 15.5. The van der Waals surface area contributed by atoms with Gasteiger partial charge in [0.1, 0.15) is 5.75 Å². The highest BCUT2D eigenvalue weighted by molar-refractivity contribution is 5.89. The van der Waals surface area contributed by atoms with Crippen LogP contribution in [0.2, 0.25) is 0 Å². The van der Waals surface area contributed by atoms with E-state index < -0.39 is 0 Å². The fourth-order valence-corrected chi connectivity index (χ4v) is 4.03. The van der Waals surface area contributed by atoms with Crippen molar-refractivity contribution in [1.29, 1.82) is 0 Å². The zero-order valence-electron chi connectivity index (χ0n) is 20.6. The number of allylic oxidation sites excluding steroid dienone is 1. The average Bonchev–Trinajstić information content (AvgIpc) is 2.78. The molecule has 4 nitrogen and oxygen atoms in total. The van der Waals surface area contributed by atoms with Crippen LogP contribution in [-0.2, 0) is 6.42 Å². The van der Waals surface area contributed by atoms with Crippen molar-refractivity contribution in [2.24, 2.45) is 0 Å². The van der Waals surface area contributed by atoms with Crippen molar-refractivity contribution in [3.8, 4) is 5.75 Å². The number of unbranched alkanes of at least 4 members (excludes halogenated alkanes) is 15. The van der Waals surface area contributed by atoms with Crippen molar-refractivity contribution in [1.82, 2.24) is 5.32 Å². The molecule has 0 radical (unpaired) electrons. The molecule has 0 heterocycles. The van der Waals surface area contributed by atoms with E-state index in [1.54, 1.807) is 24.3 Å². The van der Waals surface area contributed by atoms with Gasteiger partial charge in [0.25, 0.3) is 0 Å². The second kappa shape index (κ2) is 19.7. The van der Waals surface area contributed by atoms with Crippen molar-refractivity contribution >= 4 is 11.7 Å². The van der Waals surface area contributed by atoms with Gasteiger partial charge in [0.15, 0.2) is 0 Å². The third kappa shape index (κ3) is 14.9. The second-order valence-electron chi connectivity index (χ2n) is 9.02. The monoisotopic (exact) mass is 444 g/mol. The van der Waals surface area contributed by atoms with Crippen LogP contribution in [0.25, 0.3) is 0 Å². The largest absolute Gasteiger partial charge is 0.508 e. The zero-order chi connectivity index (χ0) is 23.3.